The maximum atomic E-state index is 7.57. The van der Waals surface area contributed by atoms with Crippen LogP contribution in [-0.2, 0) is 0 Å². The van der Waals surface area contributed by atoms with Crippen molar-refractivity contribution in [2.75, 3.05) is 6.61 Å². The molecule has 3 heteroatoms. The molecule has 36 valence electrons. The van der Waals surface area contributed by atoms with Crippen LogP contribution in [0.25, 0.3) is 0 Å². The van der Waals surface area contributed by atoms with Crippen molar-refractivity contribution in [2.45, 2.75) is 6.92 Å². The second-order valence-corrected chi connectivity index (χ2v) is 0.316. The highest BCUT2D eigenvalue weighted by atomic mass is 19.0. The van der Waals surface area contributed by atoms with Crippen molar-refractivity contribution in [2.24, 2.45) is 0 Å². The van der Waals surface area contributed by atoms with Crippen LogP contribution in [0.4, 0.5) is 4.70 Å². The van der Waals surface area contributed by atoms with Crippen LogP contribution in [0.3, 0.4) is 0 Å². The van der Waals surface area contributed by atoms with E-state index in [-0.39, 0.29) is 17.5 Å². The van der Waals surface area contributed by atoms with E-state index >= 15 is 0 Å². The molecule has 0 rings (SSSR count). The summed E-state index contributed by atoms with van der Waals surface area (Å²) >= 11 is 0. The Hall–Kier alpha value is -0.150. The zero-order chi connectivity index (χ0) is 2.71. The number of aliphatic hydroxyl groups excluding tert-OH is 1. The summed E-state index contributed by atoms with van der Waals surface area (Å²) in [4.78, 5) is 0. The first kappa shape index (κ1) is 21.0. The van der Waals surface area contributed by atoms with Crippen molar-refractivity contribution in [3.8, 4) is 0 Å². The Morgan fingerprint density at radius 2 is 1.60 bits per heavy atom. The van der Waals surface area contributed by atoms with Crippen molar-refractivity contribution in [1.29, 1.82) is 0 Å². The Bertz CT molecular complexity index is 9.61. The Balaban J connectivity index is -0.0000000200. The van der Waals surface area contributed by atoms with E-state index in [1.54, 1.807) is 6.92 Å². The van der Waals surface area contributed by atoms with Gasteiger partial charge in [0.1, 0.15) is 0 Å². The molecule has 2 nitrogen and oxygen atoms in total. The van der Waals surface area contributed by atoms with Crippen molar-refractivity contribution in [3.63, 3.8) is 0 Å². The zero-order valence-corrected chi connectivity index (χ0v) is 3.27. The molecule has 4 N–H and O–H groups in total. The molecule has 0 bridgehead atoms. The lowest BCUT2D eigenvalue weighted by molar-refractivity contribution is 0.318. The molecule has 0 aromatic rings. The van der Waals surface area contributed by atoms with Gasteiger partial charge in [-0.15, -0.1) is 0 Å². The van der Waals surface area contributed by atoms with E-state index in [0.717, 1.165) is 0 Å². The van der Waals surface area contributed by atoms with Crippen molar-refractivity contribution < 1.29 is 9.81 Å². The van der Waals surface area contributed by atoms with E-state index in [2.05, 4.69) is 0 Å². The van der Waals surface area contributed by atoms with Crippen LogP contribution in [0.1, 0.15) is 6.92 Å². The van der Waals surface area contributed by atoms with Gasteiger partial charge in [0.05, 0.1) is 0 Å². The first-order valence-electron chi connectivity index (χ1n) is 1.02. The number of halogens is 1. The van der Waals surface area contributed by atoms with Gasteiger partial charge in [0.15, 0.2) is 0 Å². The Morgan fingerprint density at radius 3 is 1.60 bits per heavy atom. The van der Waals surface area contributed by atoms with Crippen LogP contribution < -0.4 is 6.15 Å². The maximum absolute atomic E-state index is 7.57. The van der Waals surface area contributed by atoms with Crippen molar-refractivity contribution in [1.82, 2.24) is 6.15 Å². The summed E-state index contributed by atoms with van der Waals surface area (Å²) in [5.74, 6) is 0. The molecule has 0 spiro atoms. The fourth-order valence-electron chi connectivity index (χ4n) is 0. The van der Waals surface area contributed by atoms with Crippen molar-refractivity contribution >= 4 is 0 Å². The van der Waals surface area contributed by atoms with Gasteiger partial charge in [-0.05, 0) is 6.92 Å². The average Bonchev–Trinajstić information content (AvgIpc) is 0.918. The Morgan fingerprint density at radius 1 is 1.60 bits per heavy atom. The molecular weight excluding hydrogens is 73.0 g/mol. The third kappa shape index (κ3) is 586. The van der Waals surface area contributed by atoms with Gasteiger partial charge in [-0.3, -0.25) is 4.70 Å². The first-order valence-corrected chi connectivity index (χ1v) is 1.02. The minimum atomic E-state index is 0. The molecule has 0 aromatic heterocycles. The highest BCUT2D eigenvalue weighted by Crippen LogP contribution is 1.30. The molecular formula is C2H10FNO. The van der Waals surface area contributed by atoms with Gasteiger partial charge in [0.2, 0.25) is 0 Å². The quantitative estimate of drug-likeness (QED) is 0.443. The lowest BCUT2D eigenvalue weighted by Gasteiger charge is -1.52. The number of aliphatic hydroxyl groups is 1. The molecule has 0 unspecified atom stereocenters. The molecule has 0 amide bonds. The maximum Gasteiger partial charge on any atom is 0.0402 e. The third-order valence-corrected chi connectivity index (χ3v) is 0. The number of rotatable bonds is 0. The summed E-state index contributed by atoms with van der Waals surface area (Å²) in [7, 11) is 0. The summed E-state index contributed by atoms with van der Waals surface area (Å²) in [5, 5.41) is 7.57. The van der Waals surface area contributed by atoms with E-state index < -0.39 is 0 Å². The lowest BCUT2D eigenvalue weighted by atomic mass is 10.9. The number of hydrogen-bond donors (Lipinski definition) is 2. The van der Waals surface area contributed by atoms with Gasteiger partial charge >= 0.3 is 0 Å². The average molecular weight is 83.1 g/mol. The lowest BCUT2D eigenvalue weighted by Crippen LogP contribution is -1.57. The fourth-order valence-corrected chi connectivity index (χ4v) is 0. The van der Waals surface area contributed by atoms with Crippen LogP contribution in [-0.4, -0.2) is 11.7 Å². The molecule has 5 heavy (non-hydrogen) atoms. The molecule has 0 heterocycles. The predicted molar refractivity (Wildman–Crippen MR) is 20.3 cm³/mol. The van der Waals surface area contributed by atoms with Gasteiger partial charge in [0, 0.05) is 6.61 Å². The molecule has 0 aliphatic rings. The van der Waals surface area contributed by atoms with Crippen LogP contribution >= 0.6 is 0 Å². The summed E-state index contributed by atoms with van der Waals surface area (Å²) < 4.78 is 0. The second kappa shape index (κ2) is 43.3. The summed E-state index contributed by atoms with van der Waals surface area (Å²) in [5.41, 5.74) is 0. The topological polar surface area (TPSA) is 55.2 Å². The minimum absolute atomic E-state index is 0. The monoisotopic (exact) mass is 83.1 g/mol. The van der Waals surface area contributed by atoms with Gasteiger partial charge in [-0.1, -0.05) is 0 Å². The normalized spacial score (nSPS) is 3.60. The van der Waals surface area contributed by atoms with Gasteiger partial charge in [-0.2, -0.15) is 0 Å². The molecule has 0 aliphatic heterocycles. The molecule has 0 aliphatic carbocycles. The van der Waals surface area contributed by atoms with Gasteiger partial charge in [0.25, 0.3) is 0 Å². The van der Waals surface area contributed by atoms with E-state index in [0.29, 0.717) is 0 Å². The van der Waals surface area contributed by atoms with E-state index in [4.69, 9.17) is 5.11 Å². The van der Waals surface area contributed by atoms with Crippen LogP contribution in [0.15, 0.2) is 0 Å². The van der Waals surface area contributed by atoms with Crippen LogP contribution in [0.5, 0.6) is 0 Å². The van der Waals surface area contributed by atoms with Gasteiger partial charge < -0.3 is 11.3 Å². The largest absolute Gasteiger partial charge is 0.397 e. The molecule has 0 atom stereocenters. The standard InChI is InChI=1S/C2H6O.FH.H3N/c1-2-3;;/h3H,2H2,1H3;1H;1H3. The Kier molecular flexibility index (Phi) is 182. The SMILES string of the molecule is CCO.F.N. The molecule has 0 saturated heterocycles. The van der Waals surface area contributed by atoms with Gasteiger partial charge in [-0.25, -0.2) is 0 Å². The van der Waals surface area contributed by atoms with E-state index in [1.807, 2.05) is 0 Å². The molecule has 0 radical (unpaired) electrons. The first-order chi connectivity index (χ1) is 1.41. The highest BCUT2D eigenvalue weighted by molar-refractivity contribution is 3.84. The highest BCUT2D eigenvalue weighted by Gasteiger charge is 1.34. The molecule has 0 fully saturated rings. The summed E-state index contributed by atoms with van der Waals surface area (Å²) in [6.45, 7) is 1.93. The van der Waals surface area contributed by atoms with E-state index in [1.165, 1.54) is 0 Å². The van der Waals surface area contributed by atoms with Crippen LogP contribution in [0, 0.1) is 0 Å². The third-order valence-electron chi connectivity index (χ3n) is 0. The zero-order valence-electron chi connectivity index (χ0n) is 3.27. The fraction of sp³-hybridized carbons (Fsp3) is 1.00. The number of hydrogen-bond acceptors (Lipinski definition) is 2. The molecule has 0 aromatic carbocycles. The summed E-state index contributed by atoms with van der Waals surface area (Å²) in [6.07, 6.45) is 0. The summed E-state index contributed by atoms with van der Waals surface area (Å²) in [6, 6.07) is 0. The minimum Gasteiger partial charge on any atom is -0.397 e. The van der Waals surface area contributed by atoms with Crippen molar-refractivity contribution in [3.05, 3.63) is 0 Å². The Labute approximate surface area is 30.8 Å². The predicted octanol–water partition coefficient (Wildman–Crippen LogP) is 0.313. The van der Waals surface area contributed by atoms with Crippen LogP contribution in [0.2, 0.25) is 0 Å². The molecule has 0 saturated carbocycles. The second-order valence-electron chi connectivity index (χ2n) is 0.316. The van der Waals surface area contributed by atoms with E-state index in [9.17, 15) is 0 Å². The smallest absolute Gasteiger partial charge is 0.0402 e.